The molecule has 0 radical (unpaired) electrons. The van der Waals surface area contributed by atoms with Gasteiger partial charge < -0.3 is 10.4 Å². The van der Waals surface area contributed by atoms with Gasteiger partial charge in [0, 0.05) is 18.4 Å². The predicted molar refractivity (Wildman–Crippen MR) is 65.1 cm³/mol. The van der Waals surface area contributed by atoms with Crippen LogP contribution in [0.25, 0.3) is 0 Å². The van der Waals surface area contributed by atoms with Crippen LogP contribution in [-0.4, -0.2) is 34.5 Å². The molecule has 88 valence electrons. The van der Waals surface area contributed by atoms with Gasteiger partial charge in [0.05, 0.1) is 0 Å². The number of carbonyl (C=O) groups excluding carboxylic acids is 1. The number of nitrogens with one attached hydrogen (secondary N) is 1. The molecule has 0 aliphatic heterocycles. The van der Waals surface area contributed by atoms with E-state index >= 15 is 0 Å². The number of rotatable bonds is 8. The Morgan fingerprint density at radius 1 is 1.40 bits per heavy atom. The predicted octanol–water partition coefficient (Wildman–Crippen LogP) is 1.76. The number of unbranched alkanes of at least 4 members (excludes halogenated alkanes) is 1. The van der Waals surface area contributed by atoms with Crippen LogP contribution in [0.3, 0.4) is 0 Å². The smallest absolute Gasteiger partial charge is 0.327 e. The van der Waals surface area contributed by atoms with Gasteiger partial charge in [0.1, 0.15) is 6.04 Å². The van der Waals surface area contributed by atoms with E-state index in [9.17, 15) is 9.59 Å². The van der Waals surface area contributed by atoms with Gasteiger partial charge in [-0.3, -0.25) is 4.79 Å². The average Bonchev–Trinajstić information content (AvgIpc) is 2.15. The first-order valence-electron chi connectivity index (χ1n) is 4.82. The lowest BCUT2D eigenvalue weighted by molar-refractivity contribution is -0.140. The number of carbonyl (C=O) groups is 2. The summed E-state index contributed by atoms with van der Waals surface area (Å²) in [6.45, 7) is 3.44. The summed E-state index contributed by atoms with van der Waals surface area (Å²) < 4.78 is 0. The molecule has 1 atom stereocenters. The normalized spacial score (nSPS) is 12.1. The van der Waals surface area contributed by atoms with Crippen LogP contribution in [0.5, 0.6) is 0 Å². The summed E-state index contributed by atoms with van der Waals surface area (Å²) in [5, 5.41) is 11.2. The van der Waals surface area contributed by atoms with Crippen LogP contribution in [0.1, 0.15) is 26.7 Å². The van der Waals surface area contributed by atoms with Crippen LogP contribution < -0.4 is 5.32 Å². The highest BCUT2D eigenvalue weighted by atomic mass is 33.1. The van der Waals surface area contributed by atoms with Crippen molar-refractivity contribution in [2.24, 2.45) is 0 Å². The first kappa shape index (κ1) is 14.6. The molecule has 0 saturated heterocycles. The second kappa shape index (κ2) is 8.91. The van der Waals surface area contributed by atoms with E-state index in [1.807, 2.05) is 0 Å². The minimum Gasteiger partial charge on any atom is -0.480 e. The van der Waals surface area contributed by atoms with Gasteiger partial charge in [0.15, 0.2) is 0 Å². The maximum absolute atomic E-state index is 10.7. The second-order valence-corrected chi connectivity index (χ2v) is 5.68. The summed E-state index contributed by atoms with van der Waals surface area (Å²) in [5.41, 5.74) is 0. The SMILES string of the molecule is CCCCSSC[C@H](NC(C)=O)C(=O)O. The van der Waals surface area contributed by atoms with E-state index in [0.29, 0.717) is 5.75 Å². The van der Waals surface area contributed by atoms with Crippen molar-refractivity contribution in [1.29, 1.82) is 0 Å². The minimum absolute atomic E-state index is 0.304. The molecule has 1 amide bonds. The Balaban J connectivity index is 3.67. The second-order valence-electron chi connectivity index (χ2n) is 3.05. The molecule has 0 heterocycles. The Morgan fingerprint density at radius 3 is 2.53 bits per heavy atom. The fourth-order valence-corrected chi connectivity index (χ4v) is 3.19. The Hall–Kier alpha value is -0.360. The first-order chi connectivity index (χ1) is 7.07. The summed E-state index contributed by atoms with van der Waals surface area (Å²) in [6, 6.07) is -0.776. The molecule has 0 bridgehead atoms. The molecule has 6 heteroatoms. The molecule has 0 saturated carbocycles. The van der Waals surface area contributed by atoms with E-state index in [0.717, 1.165) is 18.6 Å². The van der Waals surface area contributed by atoms with Crippen molar-refractivity contribution in [2.75, 3.05) is 11.5 Å². The fourth-order valence-electron chi connectivity index (χ4n) is 0.798. The number of carboxylic acid groups (broad SMARTS) is 1. The lowest BCUT2D eigenvalue weighted by Gasteiger charge is -2.11. The number of hydrogen-bond donors (Lipinski definition) is 2. The van der Waals surface area contributed by atoms with Gasteiger partial charge in [-0.25, -0.2) is 4.79 Å². The summed E-state index contributed by atoms with van der Waals surface area (Å²) >= 11 is 0. The minimum atomic E-state index is -0.978. The fraction of sp³-hybridized carbons (Fsp3) is 0.778. The molecule has 0 unspecified atom stereocenters. The van der Waals surface area contributed by atoms with Crippen molar-refractivity contribution in [3.63, 3.8) is 0 Å². The molecule has 0 aromatic rings. The Kier molecular flexibility index (Phi) is 8.70. The Labute approximate surface area is 98.0 Å². The largest absolute Gasteiger partial charge is 0.480 e. The highest BCUT2D eigenvalue weighted by molar-refractivity contribution is 8.76. The van der Waals surface area contributed by atoms with Crippen LogP contribution in [-0.2, 0) is 9.59 Å². The zero-order valence-electron chi connectivity index (χ0n) is 8.99. The molecule has 0 spiro atoms. The van der Waals surface area contributed by atoms with Crippen LogP contribution in [0.15, 0.2) is 0 Å². The first-order valence-corrected chi connectivity index (χ1v) is 7.31. The maximum atomic E-state index is 10.7. The van der Waals surface area contributed by atoms with Gasteiger partial charge in [-0.15, -0.1) is 0 Å². The molecule has 0 aromatic heterocycles. The summed E-state index contributed by atoms with van der Waals surface area (Å²) in [5.74, 6) is 0.145. The van der Waals surface area contributed by atoms with E-state index in [2.05, 4.69) is 12.2 Å². The van der Waals surface area contributed by atoms with Crippen molar-refractivity contribution in [3.05, 3.63) is 0 Å². The third-order valence-electron chi connectivity index (χ3n) is 1.57. The summed E-state index contributed by atoms with van der Waals surface area (Å²) in [4.78, 5) is 21.4. The van der Waals surface area contributed by atoms with E-state index < -0.39 is 12.0 Å². The molecule has 0 aliphatic carbocycles. The molecule has 2 N–H and O–H groups in total. The van der Waals surface area contributed by atoms with Gasteiger partial charge in [0.25, 0.3) is 0 Å². The van der Waals surface area contributed by atoms with E-state index in [4.69, 9.17) is 5.11 Å². The molecule has 0 aromatic carbocycles. The van der Waals surface area contributed by atoms with Crippen molar-refractivity contribution in [1.82, 2.24) is 5.32 Å². The quantitative estimate of drug-likeness (QED) is 0.508. The molecular formula is C9H17NO3S2. The zero-order valence-corrected chi connectivity index (χ0v) is 10.6. The van der Waals surface area contributed by atoms with Crippen LogP contribution in [0.2, 0.25) is 0 Å². The molecule has 0 fully saturated rings. The molecule has 15 heavy (non-hydrogen) atoms. The van der Waals surface area contributed by atoms with E-state index in [1.54, 1.807) is 10.8 Å². The Morgan fingerprint density at radius 2 is 2.07 bits per heavy atom. The molecule has 0 rings (SSSR count). The number of aliphatic carboxylic acids is 1. The monoisotopic (exact) mass is 251 g/mol. The molecule has 4 nitrogen and oxygen atoms in total. The summed E-state index contributed by atoms with van der Waals surface area (Å²) in [7, 11) is 3.15. The zero-order chi connectivity index (χ0) is 11.7. The maximum Gasteiger partial charge on any atom is 0.327 e. The third kappa shape index (κ3) is 8.62. The van der Waals surface area contributed by atoms with Crippen molar-refractivity contribution in [2.45, 2.75) is 32.7 Å². The van der Waals surface area contributed by atoms with Crippen LogP contribution in [0, 0.1) is 0 Å². The van der Waals surface area contributed by atoms with Crippen molar-refractivity contribution < 1.29 is 14.7 Å². The van der Waals surface area contributed by atoms with Crippen molar-refractivity contribution >= 4 is 33.5 Å². The van der Waals surface area contributed by atoms with Gasteiger partial charge in [0.2, 0.25) is 5.91 Å². The molecular weight excluding hydrogens is 234 g/mol. The third-order valence-corrected chi connectivity index (χ3v) is 4.07. The van der Waals surface area contributed by atoms with Gasteiger partial charge >= 0.3 is 5.97 Å². The summed E-state index contributed by atoms with van der Waals surface area (Å²) in [6.07, 6.45) is 2.27. The number of amides is 1. The van der Waals surface area contributed by atoms with Gasteiger partial charge in [-0.1, -0.05) is 34.9 Å². The van der Waals surface area contributed by atoms with Gasteiger partial charge in [-0.2, -0.15) is 0 Å². The number of hydrogen-bond acceptors (Lipinski definition) is 4. The average molecular weight is 251 g/mol. The van der Waals surface area contributed by atoms with Crippen LogP contribution >= 0.6 is 21.6 Å². The highest BCUT2D eigenvalue weighted by Crippen LogP contribution is 2.23. The van der Waals surface area contributed by atoms with E-state index in [-0.39, 0.29) is 5.91 Å². The Bertz CT molecular complexity index is 212. The lowest BCUT2D eigenvalue weighted by atomic mass is 10.3. The van der Waals surface area contributed by atoms with Crippen molar-refractivity contribution in [3.8, 4) is 0 Å². The highest BCUT2D eigenvalue weighted by Gasteiger charge is 2.17. The van der Waals surface area contributed by atoms with Crippen LogP contribution in [0.4, 0.5) is 0 Å². The standard InChI is InChI=1S/C9H17NO3S2/c1-3-4-5-14-15-6-8(9(12)13)10-7(2)11/h8H,3-6H2,1-2H3,(H,10,11)(H,12,13)/t8-/m0/s1. The number of carboxylic acids is 1. The lowest BCUT2D eigenvalue weighted by Crippen LogP contribution is -2.41. The van der Waals surface area contributed by atoms with Gasteiger partial charge in [-0.05, 0) is 6.42 Å². The molecule has 0 aliphatic rings. The van der Waals surface area contributed by atoms with E-state index in [1.165, 1.54) is 17.7 Å². The topological polar surface area (TPSA) is 66.4 Å².